The van der Waals surface area contributed by atoms with Crippen LogP contribution in [0.3, 0.4) is 0 Å². The third kappa shape index (κ3) is 5.66. The van der Waals surface area contributed by atoms with E-state index in [4.69, 9.17) is 17.0 Å². The van der Waals surface area contributed by atoms with Crippen molar-refractivity contribution >= 4 is 29.2 Å². The van der Waals surface area contributed by atoms with Crippen molar-refractivity contribution in [3.05, 3.63) is 95.1 Å². The van der Waals surface area contributed by atoms with Gasteiger partial charge in [-0.3, -0.25) is 5.43 Å². The second-order valence-electron chi connectivity index (χ2n) is 6.45. The molecule has 3 aromatic carbocycles. The van der Waals surface area contributed by atoms with Crippen LogP contribution < -0.4 is 15.5 Å². The molecular weight excluding hydrogens is 366 g/mol. The summed E-state index contributed by atoms with van der Waals surface area (Å²) in [6.07, 6.45) is 1.70. The van der Waals surface area contributed by atoms with Crippen LogP contribution in [0.4, 0.5) is 5.69 Å². The fourth-order valence-electron chi connectivity index (χ4n) is 2.59. The maximum atomic E-state index is 5.96. The van der Waals surface area contributed by atoms with Crippen LogP contribution >= 0.6 is 12.2 Å². The summed E-state index contributed by atoms with van der Waals surface area (Å²) in [5, 5.41) is 7.81. The number of aryl methyl sites for hydroxylation is 2. The van der Waals surface area contributed by atoms with Crippen LogP contribution in [-0.4, -0.2) is 11.3 Å². The van der Waals surface area contributed by atoms with Gasteiger partial charge in [-0.25, -0.2) is 0 Å². The Morgan fingerprint density at radius 3 is 2.46 bits per heavy atom. The predicted molar refractivity (Wildman–Crippen MR) is 120 cm³/mol. The average Bonchev–Trinajstić information content (AvgIpc) is 2.70. The number of benzene rings is 3. The Kier molecular flexibility index (Phi) is 6.76. The number of para-hydroxylation sites is 2. The molecule has 3 aromatic rings. The Balaban J connectivity index is 1.58. The first kappa shape index (κ1) is 19.6. The van der Waals surface area contributed by atoms with Crippen molar-refractivity contribution in [1.82, 2.24) is 5.43 Å². The molecule has 4 nitrogen and oxygen atoms in total. The highest BCUT2D eigenvalue weighted by atomic mass is 32.1. The molecule has 0 fully saturated rings. The zero-order valence-electron chi connectivity index (χ0n) is 16.0. The van der Waals surface area contributed by atoms with Crippen LogP contribution in [0, 0.1) is 13.8 Å². The van der Waals surface area contributed by atoms with E-state index in [0.29, 0.717) is 11.7 Å². The lowest BCUT2D eigenvalue weighted by Gasteiger charge is -2.10. The normalized spacial score (nSPS) is 10.6. The molecule has 0 radical (unpaired) electrons. The van der Waals surface area contributed by atoms with Crippen molar-refractivity contribution in [3.8, 4) is 5.75 Å². The minimum absolute atomic E-state index is 0.434. The van der Waals surface area contributed by atoms with Gasteiger partial charge in [0.1, 0.15) is 12.4 Å². The number of nitrogens with one attached hydrogen (secondary N) is 2. The fourth-order valence-corrected chi connectivity index (χ4v) is 2.75. The number of hydrogen-bond acceptors (Lipinski definition) is 3. The number of hydrazone groups is 1. The molecule has 0 saturated carbocycles. The second-order valence-corrected chi connectivity index (χ2v) is 6.86. The molecule has 0 heterocycles. The highest BCUT2D eigenvalue weighted by Crippen LogP contribution is 2.18. The quantitative estimate of drug-likeness (QED) is 0.345. The Hall–Kier alpha value is -3.18. The average molecular weight is 390 g/mol. The zero-order valence-corrected chi connectivity index (χ0v) is 16.8. The van der Waals surface area contributed by atoms with E-state index in [1.54, 1.807) is 6.21 Å². The molecule has 0 amide bonds. The Morgan fingerprint density at radius 2 is 1.68 bits per heavy atom. The molecule has 3 rings (SSSR count). The molecule has 0 spiro atoms. The van der Waals surface area contributed by atoms with Gasteiger partial charge in [0.25, 0.3) is 0 Å². The first-order valence-electron chi connectivity index (χ1n) is 9.05. The summed E-state index contributed by atoms with van der Waals surface area (Å²) >= 11 is 5.30. The molecular formula is C23H23N3OS. The van der Waals surface area contributed by atoms with Crippen LogP contribution in [0.1, 0.15) is 22.3 Å². The van der Waals surface area contributed by atoms with Crippen molar-refractivity contribution in [2.75, 3.05) is 5.32 Å². The number of hydrogen-bond donors (Lipinski definition) is 2. The molecule has 0 aliphatic rings. The lowest BCUT2D eigenvalue weighted by Crippen LogP contribution is -2.24. The number of nitrogens with zero attached hydrogens (tertiary/aromatic N) is 1. The van der Waals surface area contributed by atoms with E-state index in [1.165, 1.54) is 5.56 Å². The second kappa shape index (κ2) is 9.67. The van der Waals surface area contributed by atoms with Gasteiger partial charge in [0.05, 0.1) is 6.21 Å². The third-order valence-electron chi connectivity index (χ3n) is 4.20. The first-order valence-corrected chi connectivity index (χ1v) is 9.46. The maximum Gasteiger partial charge on any atom is 0.191 e. The molecule has 0 atom stereocenters. The molecule has 0 unspecified atom stereocenters. The van der Waals surface area contributed by atoms with Crippen molar-refractivity contribution in [1.29, 1.82) is 0 Å². The van der Waals surface area contributed by atoms with E-state index < -0.39 is 0 Å². The van der Waals surface area contributed by atoms with E-state index in [0.717, 1.165) is 28.1 Å². The van der Waals surface area contributed by atoms with Crippen molar-refractivity contribution in [2.45, 2.75) is 20.5 Å². The number of anilines is 1. The van der Waals surface area contributed by atoms with Gasteiger partial charge in [-0.1, -0.05) is 60.2 Å². The van der Waals surface area contributed by atoms with E-state index in [1.807, 2.05) is 55.5 Å². The maximum absolute atomic E-state index is 5.96. The molecule has 5 heteroatoms. The molecule has 28 heavy (non-hydrogen) atoms. The Labute approximate surface area is 171 Å². The Morgan fingerprint density at radius 1 is 0.964 bits per heavy atom. The van der Waals surface area contributed by atoms with Crippen LogP contribution in [0.5, 0.6) is 5.75 Å². The highest BCUT2D eigenvalue weighted by molar-refractivity contribution is 7.80. The minimum Gasteiger partial charge on any atom is -0.488 e. The predicted octanol–water partition coefficient (Wildman–Crippen LogP) is 5.20. The van der Waals surface area contributed by atoms with Crippen molar-refractivity contribution < 1.29 is 4.74 Å². The molecule has 0 bridgehead atoms. The van der Waals surface area contributed by atoms with Gasteiger partial charge in [0, 0.05) is 11.3 Å². The minimum atomic E-state index is 0.434. The largest absolute Gasteiger partial charge is 0.488 e. The summed E-state index contributed by atoms with van der Waals surface area (Å²) in [6.45, 7) is 4.60. The number of ether oxygens (including phenoxy) is 1. The lowest BCUT2D eigenvalue weighted by atomic mass is 10.1. The van der Waals surface area contributed by atoms with E-state index in [2.05, 4.69) is 47.0 Å². The van der Waals surface area contributed by atoms with Crippen LogP contribution in [0.15, 0.2) is 77.9 Å². The van der Waals surface area contributed by atoms with E-state index in [9.17, 15) is 0 Å². The summed E-state index contributed by atoms with van der Waals surface area (Å²) in [7, 11) is 0. The van der Waals surface area contributed by atoms with Crippen molar-refractivity contribution in [2.24, 2.45) is 5.10 Å². The summed E-state index contributed by atoms with van der Waals surface area (Å²) in [5.41, 5.74) is 8.15. The van der Waals surface area contributed by atoms with E-state index in [-0.39, 0.29) is 0 Å². The lowest BCUT2D eigenvalue weighted by molar-refractivity contribution is 0.306. The van der Waals surface area contributed by atoms with Gasteiger partial charge in [0.15, 0.2) is 5.11 Å². The molecule has 0 aromatic heterocycles. The monoisotopic (exact) mass is 389 g/mol. The number of thiocarbonyl (C=S) groups is 1. The molecule has 0 saturated heterocycles. The van der Waals surface area contributed by atoms with Gasteiger partial charge in [0.2, 0.25) is 0 Å². The van der Waals surface area contributed by atoms with Crippen LogP contribution in [0.2, 0.25) is 0 Å². The molecule has 0 aliphatic carbocycles. The fraction of sp³-hybridized carbons (Fsp3) is 0.130. The van der Waals surface area contributed by atoms with Gasteiger partial charge in [-0.05, 0) is 55.4 Å². The van der Waals surface area contributed by atoms with Gasteiger partial charge in [-0.2, -0.15) is 5.10 Å². The summed E-state index contributed by atoms with van der Waals surface area (Å²) in [5.74, 6) is 0.770. The van der Waals surface area contributed by atoms with Gasteiger partial charge < -0.3 is 10.1 Å². The summed E-state index contributed by atoms with van der Waals surface area (Å²) < 4.78 is 5.96. The van der Waals surface area contributed by atoms with Gasteiger partial charge >= 0.3 is 0 Å². The SMILES string of the molecule is Cc1ccc(COc2ccccc2/C=N/NC(=S)Nc2ccccc2C)cc1. The standard InChI is InChI=1S/C23H23N3OS/c1-17-11-13-19(14-12-17)16-27-22-10-6-4-8-20(22)15-24-26-23(28)25-21-9-5-3-7-18(21)2/h3-15H,16H2,1-2H3,(H2,25,26,28)/b24-15+. The first-order chi connectivity index (χ1) is 13.6. The van der Waals surface area contributed by atoms with Crippen molar-refractivity contribution in [3.63, 3.8) is 0 Å². The van der Waals surface area contributed by atoms with Crippen LogP contribution in [-0.2, 0) is 6.61 Å². The summed E-state index contributed by atoms with van der Waals surface area (Å²) in [6, 6.07) is 24.0. The summed E-state index contributed by atoms with van der Waals surface area (Å²) in [4.78, 5) is 0. The Bertz CT molecular complexity index is 968. The third-order valence-corrected chi connectivity index (χ3v) is 4.39. The van der Waals surface area contributed by atoms with E-state index >= 15 is 0 Å². The topological polar surface area (TPSA) is 45.6 Å². The molecule has 2 N–H and O–H groups in total. The highest BCUT2D eigenvalue weighted by Gasteiger charge is 2.02. The zero-order chi connectivity index (χ0) is 19.8. The molecule has 142 valence electrons. The van der Waals surface area contributed by atoms with Crippen LogP contribution in [0.25, 0.3) is 0 Å². The molecule has 0 aliphatic heterocycles. The number of rotatable bonds is 6. The smallest absolute Gasteiger partial charge is 0.191 e. The van der Waals surface area contributed by atoms with Gasteiger partial charge in [-0.15, -0.1) is 0 Å².